The quantitative estimate of drug-likeness (QED) is 0.547. The van der Waals surface area contributed by atoms with Gasteiger partial charge in [0.05, 0.1) is 12.5 Å². The van der Waals surface area contributed by atoms with E-state index in [-0.39, 0.29) is 24.4 Å². The minimum absolute atomic E-state index is 0.130. The van der Waals surface area contributed by atoms with Crippen molar-refractivity contribution in [2.45, 2.75) is 31.8 Å². The summed E-state index contributed by atoms with van der Waals surface area (Å²) < 4.78 is 10.0. The van der Waals surface area contributed by atoms with Crippen molar-refractivity contribution in [1.29, 1.82) is 0 Å². The van der Waals surface area contributed by atoms with Crippen LogP contribution in [0.4, 0.5) is 4.79 Å². The predicted octanol–water partition coefficient (Wildman–Crippen LogP) is 0.592. The van der Waals surface area contributed by atoms with Gasteiger partial charge in [0, 0.05) is 33.9 Å². The van der Waals surface area contributed by atoms with Gasteiger partial charge in [-0.3, -0.25) is 4.79 Å². The molecule has 0 aliphatic heterocycles. The molecule has 0 radical (unpaired) electrons. The topological polar surface area (TPSA) is 96.9 Å². The van der Waals surface area contributed by atoms with Crippen LogP contribution in [0.15, 0.2) is 0 Å². The van der Waals surface area contributed by atoms with Crippen LogP contribution in [-0.2, 0) is 14.3 Å². The van der Waals surface area contributed by atoms with E-state index in [9.17, 15) is 9.59 Å². The normalized spacial score (nSPS) is 17.3. The highest BCUT2D eigenvalue weighted by molar-refractivity contribution is 5.74. The molecule has 0 spiro atoms. The fourth-order valence-corrected chi connectivity index (χ4v) is 1.98. The van der Waals surface area contributed by atoms with E-state index in [2.05, 4.69) is 10.6 Å². The zero-order valence-electron chi connectivity index (χ0n) is 12.1. The lowest BCUT2D eigenvalue weighted by molar-refractivity contribution is -0.139. The molecule has 1 atom stereocenters. The summed E-state index contributed by atoms with van der Waals surface area (Å²) in [6.45, 7) is 1.51. The Morgan fingerprint density at radius 2 is 2.00 bits per heavy atom. The van der Waals surface area contributed by atoms with Crippen molar-refractivity contribution in [3.8, 4) is 0 Å². The van der Waals surface area contributed by atoms with Crippen molar-refractivity contribution in [2.75, 3.05) is 33.9 Å². The maximum atomic E-state index is 11.6. The van der Waals surface area contributed by atoms with Gasteiger partial charge in [-0.25, -0.2) is 4.79 Å². The molecule has 7 nitrogen and oxygen atoms in total. The number of carbonyl (C=O) groups excluding carboxylic acids is 1. The van der Waals surface area contributed by atoms with Gasteiger partial charge in [0.25, 0.3) is 0 Å². The summed E-state index contributed by atoms with van der Waals surface area (Å²) in [6.07, 6.45) is 2.52. The van der Waals surface area contributed by atoms with Crippen LogP contribution < -0.4 is 10.6 Å². The molecule has 1 aliphatic rings. The number of nitrogens with one attached hydrogen (secondary N) is 2. The fraction of sp³-hybridized carbons (Fsp3) is 0.846. The van der Waals surface area contributed by atoms with Crippen LogP contribution in [0, 0.1) is 5.41 Å². The molecular weight excluding hydrogens is 264 g/mol. The van der Waals surface area contributed by atoms with Crippen molar-refractivity contribution in [3.63, 3.8) is 0 Å². The number of aliphatic carboxylic acids is 1. The third-order valence-corrected chi connectivity index (χ3v) is 3.64. The van der Waals surface area contributed by atoms with E-state index in [1.165, 1.54) is 7.11 Å². The van der Waals surface area contributed by atoms with Gasteiger partial charge in [0.15, 0.2) is 0 Å². The Hall–Kier alpha value is -1.34. The molecule has 0 saturated heterocycles. The number of hydrogen-bond donors (Lipinski definition) is 3. The fourth-order valence-electron chi connectivity index (χ4n) is 1.98. The number of methoxy groups -OCH3 is 2. The van der Waals surface area contributed by atoms with Gasteiger partial charge < -0.3 is 25.2 Å². The molecule has 3 N–H and O–H groups in total. The zero-order chi connectivity index (χ0) is 15.0. The molecule has 1 fully saturated rings. The monoisotopic (exact) mass is 288 g/mol. The van der Waals surface area contributed by atoms with Crippen LogP contribution >= 0.6 is 0 Å². The predicted molar refractivity (Wildman–Crippen MR) is 72.6 cm³/mol. The van der Waals surface area contributed by atoms with Crippen LogP contribution in [0.25, 0.3) is 0 Å². The number of carbonyl (C=O) groups is 2. The molecule has 1 unspecified atom stereocenters. The lowest BCUT2D eigenvalue weighted by Gasteiger charge is -2.17. The van der Waals surface area contributed by atoms with Gasteiger partial charge in [-0.05, 0) is 24.7 Å². The number of carboxylic acids is 1. The van der Waals surface area contributed by atoms with E-state index in [0.29, 0.717) is 13.2 Å². The van der Waals surface area contributed by atoms with Crippen molar-refractivity contribution in [1.82, 2.24) is 10.6 Å². The number of carboxylic acid groups (broad SMARTS) is 1. The first-order valence-electron chi connectivity index (χ1n) is 6.76. The second kappa shape index (κ2) is 8.06. The van der Waals surface area contributed by atoms with Gasteiger partial charge in [-0.15, -0.1) is 0 Å². The molecule has 1 aliphatic carbocycles. The van der Waals surface area contributed by atoms with Crippen LogP contribution in [0.3, 0.4) is 0 Å². The van der Waals surface area contributed by atoms with E-state index >= 15 is 0 Å². The third kappa shape index (κ3) is 6.21. The molecular formula is C13H24N2O5. The van der Waals surface area contributed by atoms with Gasteiger partial charge in [0.1, 0.15) is 0 Å². The summed E-state index contributed by atoms with van der Waals surface area (Å²) in [5, 5.41) is 14.1. The molecule has 0 aromatic carbocycles. The lowest BCUT2D eigenvalue weighted by Crippen LogP contribution is -2.42. The number of amides is 2. The summed E-state index contributed by atoms with van der Waals surface area (Å²) in [7, 11) is 3.10. The molecule has 7 heteroatoms. The Labute approximate surface area is 119 Å². The summed E-state index contributed by atoms with van der Waals surface area (Å²) >= 11 is 0. The number of ether oxygens (including phenoxy) is 2. The minimum Gasteiger partial charge on any atom is -0.481 e. The summed E-state index contributed by atoms with van der Waals surface area (Å²) in [6, 6.07) is -0.291. The molecule has 20 heavy (non-hydrogen) atoms. The van der Waals surface area contributed by atoms with Crippen LogP contribution in [0.2, 0.25) is 0 Å². The second-order valence-corrected chi connectivity index (χ2v) is 5.26. The highest BCUT2D eigenvalue weighted by Gasteiger charge is 2.42. The first kappa shape index (κ1) is 16.7. The Bertz CT molecular complexity index is 331. The number of urea groups is 1. The van der Waals surface area contributed by atoms with Crippen molar-refractivity contribution in [2.24, 2.45) is 5.41 Å². The van der Waals surface area contributed by atoms with Crippen LogP contribution in [0.1, 0.15) is 25.7 Å². The summed E-state index contributed by atoms with van der Waals surface area (Å²) in [4.78, 5) is 22.2. The summed E-state index contributed by atoms with van der Waals surface area (Å²) in [5.74, 6) is -0.949. The van der Waals surface area contributed by atoms with E-state index < -0.39 is 12.1 Å². The third-order valence-electron chi connectivity index (χ3n) is 3.64. The number of hydrogen-bond acceptors (Lipinski definition) is 4. The first-order valence-corrected chi connectivity index (χ1v) is 6.76. The molecule has 116 valence electrons. The molecule has 2 amide bonds. The van der Waals surface area contributed by atoms with E-state index in [1.807, 2.05) is 0 Å². The molecule has 0 bridgehead atoms. The Morgan fingerprint density at radius 3 is 2.50 bits per heavy atom. The highest BCUT2D eigenvalue weighted by Crippen LogP contribution is 2.48. The SMILES string of the molecule is COCCC1(CNC(=O)NCC(CC(=O)O)OC)CC1. The molecule has 0 aromatic rings. The van der Waals surface area contributed by atoms with E-state index in [1.54, 1.807) is 7.11 Å². The van der Waals surface area contributed by atoms with Crippen molar-refractivity contribution < 1.29 is 24.2 Å². The van der Waals surface area contributed by atoms with Gasteiger partial charge in [-0.1, -0.05) is 0 Å². The smallest absolute Gasteiger partial charge is 0.314 e. The maximum absolute atomic E-state index is 11.6. The van der Waals surface area contributed by atoms with Gasteiger partial charge >= 0.3 is 12.0 Å². The average molecular weight is 288 g/mol. The van der Waals surface area contributed by atoms with Crippen LogP contribution in [0.5, 0.6) is 0 Å². The average Bonchev–Trinajstić information content (AvgIpc) is 3.19. The Kier molecular flexibility index (Phi) is 6.74. The van der Waals surface area contributed by atoms with Crippen molar-refractivity contribution in [3.05, 3.63) is 0 Å². The standard InChI is InChI=1S/C13H24N2O5/c1-19-6-5-13(3-4-13)9-15-12(18)14-8-10(20-2)7-11(16)17/h10H,3-9H2,1-2H3,(H,16,17)(H2,14,15,18). The second-order valence-electron chi connectivity index (χ2n) is 5.26. The Morgan fingerprint density at radius 1 is 1.30 bits per heavy atom. The highest BCUT2D eigenvalue weighted by atomic mass is 16.5. The zero-order valence-corrected chi connectivity index (χ0v) is 12.1. The van der Waals surface area contributed by atoms with Gasteiger partial charge in [0.2, 0.25) is 0 Å². The largest absolute Gasteiger partial charge is 0.481 e. The first-order chi connectivity index (χ1) is 9.51. The van der Waals surface area contributed by atoms with E-state index in [4.69, 9.17) is 14.6 Å². The van der Waals surface area contributed by atoms with Crippen LogP contribution in [-0.4, -0.2) is 57.1 Å². The molecule has 1 saturated carbocycles. The lowest BCUT2D eigenvalue weighted by atomic mass is 10.0. The summed E-state index contributed by atoms with van der Waals surface area (Å²) in [5.41, 5.74) is 0.190. The van der Waals surface area contributed by atoms with E-state index in [0.717, 1.165) is 19.3 Å². The Balaban J connectivity index is 2.18. The molecule has 0 aromatic heterocycles. The number of rotatable bonds is 10. The minimum atomic E-state index is -0.949. The van der Waals surface area contributed by atoms with Crippen molar-refractivity contribution >= 4 is 12.0 Å². The van der Waals surface area contributed by atoms with Gasteiger partial charge in [-0.2, -0.15) is 0 Å². The molecule has 0 heterocycles. The molecule has 1 rings (SSSR count). The maximum Gasteiger partial charge on any atom is 0.314 e.